The number of hydrogen-bond donors (Lipinski definition) is 7. The summed E-state index contributed by atoms with van der Waals surface area (Å²) in [5.74, 6) is -4.43. The lowest BCUT2D eigenvalue weighted by Crippen LogP contribution is -2.62. The lowest BCUT2D eigenvalue weighted by Gasteiger charge is -2.44. The van der Waals surface area contributed by atoms with Crippen LogP contribution in [0.4, 0.5) is 0 Å². The van der Waals surface area contributed by atoms with Gasteiger partial charge in [0.05, 0.1) is 36.1 Å². The SMILES string of the molecule is C[C@@]1(O)C[C@@H](O)[C@@H]2C(C(=O)O)=CO[C@@H](O[C@H]3O[C@@H](CO)[C@H](O)[C@@H](O)[C@@H]3OC(=O)/C=C/c3ccc(O)cc3)[C@@H]21. The molecule has 0 bridgehead atoms. The van der Waals surface area contributed by atoms with E-state index in [1.165, 1.54) is 37.3 Å². The summed E-state index contributed by atoms with van der Waals surface area (Å²) in [4.78, 5) is 24.2. The standard InChI is InChI=1S/C25H30O13/c1-25(34)8-14(28)17-13(22(32)33)10-35-23(18(17)25)38-24-21(20(31)19(30)15(9-26)36-24)37-16(29)7-4-11-2-5-12(27)6-3-11/h2-7,10,14-15,17-21,23-24,26-28,30-31,34H,8-9H2,1H3,(H,32,33)/b7-4+/t14-,15+,17+,18-,19+,20-,21+,23+,24-,25-/m1/s1. The zero-order valence-corrected chi connectivity index (χ0v) is 20.2. The van der Waals surface area contributed by atoms with Crippen LogP contribution < -0.4 is 0 Å². The Morgan fingerprint density at radius 1 is 1.13 bits per heavy atom. The summed E-state index contributed by atoms with van der Waals surface area (Å²) < 4.78 is 22.2. The van der Waals surface area contributed by atoms with Crippen LogP contribution >= 0.6 is 0 Å². The van der Waals surface area contributed by atoms with Crippen molar-refractivity contribution in [1.82, 2.24) is 0 Å². The van der Waals surface area contributed by atoms with Crippen molar-refractivity contribution in [1.29, 1.82) is 0 Å². The van der Waals surface area contributed by atoms with Crippen molar-refractivity contribution in [3.63, 3.8) is 0 Å². The van der Waals surface area contributed by atoms with Crippen molar-refractivity contribution in [2.24, 2.45) is 11.8 Å². The van der Waals surface area contributed by atoms with E-state index < -0.39 is 79.1 Å². The number of aromatic hydroxyl groups is 1. The number of hydrogen-bond acceptors (Lipinski definition) is 12. The lowest BCUT2D eigenvalue weighted by atomic mass is 9.81. The van der Waals surface area contributed by atoms with Crippen LogP contribution in [0.2, 0.25) is 0 Å². The summed E-state index contributed by atoms with van der Waals surface area (Å²) in [7, 11) is 0. The molecule has 208 valence electrons. The van der Waals surface area contributed by atoms with Crippen molar-refractivity contribution in [2.75, 3.05) is 6.61 Å². The van der Waals surface area contributed by atoms with Gasteiger partial charge >= 0.3 is 11.9 Å². The third-order valence-corrected chi connectivity index (χ3v) is 7.02. The third kappa shape index (κ3) is 5.54. The number of carboxylic acid groups (broad SMARTS) is 1. The van der Waals surface area contributed by atoms with Crippen molar-refractivity contribution >= 4 is 18.0 Å². The summed E-state index contributed by atoms with van der Waals surface area (Å²) in [6.07, 6.45) is -7.55. The zero-order valence-electron chi connectivity index (χ0n) is 20.2. The highest BCUT2D eigenvalue weighted by Gasteiger charge is 2.59. The predicted octanol–water partition coefficient (Wildman–Crippen LogP) is -1.15. The number of rotatable bonds is 7. The number of carbonyl (C=O) groups is 2. The van der Waals surface area contributed by atoms with Gasteiger partial charge in [-0.2, -0.15) is 0 Å². The molecule has 0 radical (unpaired) electrons. The zero-order chi connectivity index (χ0) is 27.8. The first-order valence-electron chi connectivity index (χ1n) is 11.9. The monoisotopic (exact) mass is 538 g/mol. The highest BCUT2D eigenvalue weighted by Crippen LogP contribution is 2.49. The highest BCUT2D eigenvalue weighted by atomic mass is 16.8. The van der Waals surface area contributed by atoms with Crippen LogP contribution in [0, 0.1) is 11.8 Å². The van der Waals surface area contributed by atoms with Crippen LogP contribution in [0.25, 0.3) is 6.08 Å². The number of ether oxygens (including phenoxy) is 4. The van der Waals surface area contributed by atoms with Gasteiger partial charge in [-0.25, -0.2) is 9.59 Å². The van der Waals surface area contributed by atoms with E-state index in [0.29, 0.717) is 5.56 Å². The Hall–Kier alpha value is -3.04. The average molecular weight is 539 g/mol. The Balaban J connectivity index is 1.57. The summed E-state index contributed by atoms with van der Waals surface area (Å²) >= 11 is 0. The molecule has 38 heavy (non-hydrogen) atoms. The largest absolute Gasteiger partial charge is 0.508 e. The number of aliphatic hydroxyl groups excluding tert-OH is 4. The van der Waals surface area contributed by atoms with E-state index >= 15 is 0 Å². The molecule has 13 nitrogen and oxygen atoms in total. The molecular formula is C25H30O13. The van der Waals surface area contributed by atoms with Gasteiger partial charge in [0.1, 0.15) is 24.1 Å². The van der Waals surface area contributed by atoms with Gasteiger partial charge in [0.2, 0.25) is 12.6 Å². The Labute approximate surface area is 216 Å². The number of aliphatic carboxylic acids is 1. The second-order valence-electron chi connectivity index (χ2n) is 9.73. The van der Waals surface area contributed by atoms with Crippen molar-refractivity contribution in [2.45, 2.75) is 62.0 Å². The van der Waals surface area contributed by atoms with Crippen LogP contribution in [0.15, 0.2) is 42.2 Å². The molecule has 0 unspecified atom stereocenters. The quantitative estimate of drug-likeness (QED) is 0.161. The van der Waals surface area contributed by atoms with Gasteiger partial charge in [-0.05, 0) is 30.7 Å². The molecule has 1 aromatic carbocycles. The number of fused-ring (bicyclic) bond motifs is 1. The first kappa shape index (κ1) is 28.0. The number of carboxylic acids is 1. The third-order valence-electron chi connectivity index (χ3n) is 7.02. The molecule has 2 heterocycles. The maximum absolute atomic E-state index is 12.5. The summed E-state index contributed by atoms with van der Waals surface area (Å²) in [6.45, 7) is 0.657. The van der Waals surface area contributed by atoms with Gasteiger partial charge in [-0.15, -0.1) is 0 Å². The summed E-state index contributed by atoms with van der Waals surface area (Å²) in [6, 6.07) is 5.90. The van der Waals surface area contributed by atoms with E-state index in [1.54, 1.807) is 0 Å². The van der Waals surface area contributed by atoms with E-state index in [9.17, 15) is 45.3 Å². The minimum atomic E-state index is -1.77. The molecule has 2 aliphatic heterocycles. The van der Waals surface area contributed by atoms with Crippen molar-refractivity contribution in [3.8, 4) is 5.75 Å². The van der Waals surface area contributed by atoms with Crippen LogP contribution in [0.1, 0.15) is 18.9 Å². The van der Waals surface area contributed by atoms with Crippen LogP contribution in [0.5, 0.6) is 5.75 Å². The molecule has 13 heteroatoms. The molecule has 0 aromatic heterocycles. The number of phenolic OH excluding ortho intramolecular Hbond substituents is 1. The topological polar surface area (TPSA) is 213 Å². The molecule has 4 rings (SSSR count). The van der Waals surface area contributed by atoms with Crippen molar-refractivity contribution < 1.29 is 64.3 Å². The molecule has 0 amide bonds. The van der Waals surface area contributed by atoms with E-state index in [2.05, 4.69) is 0 Å². The second-order valence-corrected chi connectivity index (χ2v) is 9.73. The normalized spacial score (nSPS) is 38.8. The smallest absolute Gasteiger partial charge is 0.335 e. The second kappa shape index (κ2) is 11.0. The van der Waals surface area contributed by atoms with Gasteiger partial charge in [0.25, 0.3) is 0 Å². The van der Waals surface area contributed by atoms with E-state index in [0.717, 1.165) is 12.3 Å². The molecular weight excluding hydrogens is 508 g/mol. The van der Waals surface area contributed by atoms with Gasteiger partial charge in [-0.3, -0.25) is 0 Å². The molecule has 3 aliphatic rings. The van der Waals surface area contributed by atoms with E-state index in [4.69, 9.17) is 18.9 Å². The fraction of sp³-hybridized carbons (Fsp3) is 0.520. The molecule has 1 aliphatic carbocycles. The number of benzene rings is 1. The number of esters is 1. The molecule has 7 N–H and O–H groups in total. The molecule has 1 aromatic rings. The number of aliphatic hydroxyl groups is 5. The van der Waals surface area contributed by atoms with Gasteiger partial charge < -0.3 is 54.7 Å². The number of phenols is 1. The van der Waals surface area contributed by atoms with Gasteiger partial charge in [0.15, 0.2) is 6.10 Å². The average Bonchev–Trinajstić information content (AvgIpc) is 3.11. The first-order valence-corrected chi connectivity index (χ1v) is 11.9. The highest BCUT2D eigenvalue weighted by molar-refractivity contribution is 5.88. The Bertz CT molecular complexity index is 1080. The van der Waals surface area contributed by atoms with Crippen LogP contribution in [-0.2, 0) is 28.5 Å². The fourth-order valence-corrected chi connectivity index (χ4v) is 5.14. The van der Waals surface area contributed by atoms with Gasteiger partial charge in [0, 0.05) is 18.4 Å². The fourth-order valence-electron chi connectivity index (χ4n) is 5.14. The minimum absolute atomic E-state index is 0.0332. The molecule has 1 saturated heterocycles. The van der Waals surface area contributed by atoms with Crippen molar-refractivity contribution in [3.05, 3.63) is 47.7 Å². The summed E-state index contributed by atoms with van der Waals surface area (Å²) in [5.41, 5.74) is -1.35. The maximum atomic E-state index is 12.5. The molecule has 10 atom stereocenters. The van der Waals surface area contributed by atoms with Crippen LogP contribution in [-0.4, -0.2) is 103 Å². The molecule has 2 fully saturated rings. The van der Waals surface area contributed by atoms with E-state index in [-0.39, 0.29) is 17.7 Å². The first-order chi connectivity index (χ1) is 17.9. The minimum Gasteiger partial charge on any atom is -0.508 e. The Kier molecular flexibility index (Phi) is 8.09. The lowest BCUT2D eigenvalue weighted by molar-refractivity contribution is -0.347. The summed E-state index contributed by atoms with van der Waals surface area (Å²) in [5, 5.41) is 70.9. The molecule has 1 saturated carbocycles. The Morgan fingerprint density at radius 2 is 1.82 bits per heavy atom. The Morgan fingerprint density at radius 3 is 2.45 bits per heavy atom. The predicted molar refractivity (Wildman–Crippen MR) is 125 cm³/mol. The maximum Gasteiger partial charge on any atom is 0.335 e. The number of carbonyl (C=O) groups excluding carboxylic acids is 1. The van der Waals surface area contributed by atoms with E-state index in [1.807, 2.05) is 0 Å². The van der Waals surface area contributed by atoms with Gasteiger partial charge in [-0.1, -0.05) is 12.1 Å². The molecule has 0 spiro atoms. The van der Waals surface area contributed by atoms with Crippen LogP contribution in [0.3, 0.4) is 0 Å².